The molecule has 2 saturated heterocycles. The predicted octanol–water partition coefficient (Wildman–Crippen LogP) is 2.30. The van der Waals surface area contributed by atoms with Gasteiger partial charge >= 0.3 is 5.97 Å². The molecule has 0 saturated carbocycles. The molecule has 0 spiro atoms. The predicted molar refractivity (Wildman–Crippen MR) is 126 cm³/mol. The van der Waals surface area contributed by atoms with Crippen LogP contribution in [0.5, 0.6) is 0 Å². The Kier molecular flexibility index (Phi) is 8.45. The van der Waals surface area contributed by atoms with Crippen molar-refractivity contribution in [3.63, 3.8) is 0 Å². The smallest absolute Gasteiger partial charge is 0.340 e. The first-order valence-corrected chi connectivity index (χ1v) is 12.7. The first kappa shape index (κ1) is 25.9. The van der Waals surface area contributed by atoms with Gasteiger partial charge in [-0.25, -0.2) is 13.2 Å². The van der Waals surface area contributed by atoms with E-state index in [1.54, 1.807) is 6.07 Å². The number of aliphatic hydroxyl groups is 1. The van der Waals surface area contributed by atoms with E-state index in [1.807, 2.05) is 4.90 Å². The Hall–Kier alpha value is -2.76. The largest absolute Gasteiger partial charge is 0.508 e. The van der Waals surface area contributed by atoms with Crippen molar-refractivity contribution in [2.24, 2.45) is 0 Å². The summed E-state index contributed by atoms with van der Waals surface area (Å²) >= 11 is 0. The van der Waals surface area contributed by atoms with E-state index in [4.69, 9.17) is 14.9 Å². The number of carbonyl (C=O) groups is 2. The normalized spacial score (nSPS) is 18.2. The number of ketones is 1. The number of nitrogens with one attached hydrogen (secondary N) is 1. The third-order valence-corrected chi connectivity index (χ3v) is 7.74. The van der Waals surface area contributed by atoms with Crippen molar-refractivity contribution >= 4 is 33.2 Å². The number of nitrogens with zero attached hydrogens (tertiary/aromatic N) is 2. The van der Waals surface area contributed by atoms with E-state index >= 15 is 0 Å². The number of piperidine rings is 1. The molecule has 2 fully saturated rings. The lowest BCUT2D eigenvalue weighted by Gasteiger charge is -2.31. The minimum atomic E-state index is -3.78. The van der Waals surface area contributed by atoms with Gasteiger partial charge in [-0.2, -0.15) is 4.31 Å². The zero-order valence-corrected chi connectivity index (χ0v) is 20.3. The van der Waals surface area contributed by atoms with Gasteiger partial charge in [-0.15, -0.1) is 0 Å². The summed E-state index contributed by atoms with van der Waals surface area (Å²) in [7, 11) is -3.78. The van der Waals surface area contributed by atoms with Gasteiger partial charge in [-0.05, 0) is 44.9 Å². The Morgan fingerprint density at radius 2 is 1.74 bits per heavy atom. The van der Waals surface area contributed by atoms with Gasteiger partial charge in [0.15, 0.2) is 5.78 Å². The topological polar surface area (TPSA) is 137 Å². The second-order valence-corrected chi connectivity index (χ2v) is 10.3. The van der Waals surface area contributed by atoms with Gasteiger partial charge < -0.3 is 24.9 Å². The van der Waals surface area contributed by atoms with Crippen molar-refractivity contribution in [2.75, 3.05) is 50.9 Å². The number of hydrogen-bond donors (Lipinski definition) is 2. The molecule has 2 aliphatic heterocycles. The maximum Gasteiger partial charge on any atom is 0.340 e. The summed E-state index contributed by atoms with van der Waals surface area (Å²) in [6, 6.07) is 4.40. The monoisotopic (exact) mass is 493 g/mol. The van der Waals surface area contributed by atoms with Gasteiger partial charge in [0, 0.05) is 31.9 Å². The van der Waals surface area contributed by atoms with E-state index in [0.717, 1.165) is 19.3 Å². The molecule has 0 unspecified atom stereocenters. The number of benzene rings is 1. The van der Waals surface area contributed by atoms with Crippen LogP contribution in [0.15, 0.2) is 34.4 Å². The van der Waals surface area contributed by atoms with E-state index in [1.165, 1.54) is 30.3 Å². The number of aliphatic hydroxyl groups excluding tert-OH is 1. The third-order valence-electron chi connectivity index (χ3n) is 5.85. The van der Waals surface area contributed by atoms with Crippen molar-refractivity contribution in [2.45, 2.75) is 38.0 Å². The number of Topliss-reactive ketones (excluding diaryl/α,β-unsaturated/α-hetero) is 1. The minimum absolute atomic E-state index is 0.00196. The van der Waals surface area contributed by atoms with Gasteiger partial charge in [-0.3, -0.25) is 4.79 Å². The van der Waals surface area contributed by atoms with Crippen molar-refractivity contribution in [1.82, 2.24) is 4.31 Å². The maximum atomic E-state index is 13.2. The Balaban J connectivity index is 1.94. The Labute approximate surface area is 199 Å². The molecule has 3 rings (SSSR count). The molecule has 1 aromatic rings. The molecule has 0 aromatic heterocycles. The fraction of sp³-hybridized carbons (Fsp3) is 0.522. The van der Waals surface area contributed by atoms with Crippen molar-refractivity contribution in [1.29, 1.82) is 5.41 Å². The zero-order chi connectivity index (χ0) is 24.9. The molecule has 0 amide bonds. The quantitative estimate of drug-likeness (QED) is 0.244. The summed E-state index contributed by atoms with van der Waals surface area (Å²) in [5.41, 5.74) is 0.181. The third kappa shape index (κ3) is 5.83. The molecule has 0 radical (unpaired) electrons. The first-order chi connectivity index (χ1) is 16.1. The lowest BCUT2D eigenvalue weighted by molar-refractivity contribution is -0.113. The molecule has 2 N–H and O–H groups in total. The summed E-state index contributed by atoms with van der Waals surface area (Å²) in [5.74, 6) is -1.89. The minimum Gasteiger partial charge on any atom is -0.508 e. The molecule has 0 aliphatic carbocycles. The van der Waals surface area contributed by atoms with Gasteiger partial charge in [0.1, 0.15) is 12.4 Å². The summed E-state index contributed by atoms with van der Waals surface area (Å²) in [5, 5.41) is 17.9. The standard InChI is InChI=1S/C23H31N3O7S/c1-16(24)22(17(2)27)21(28)15-33-23(29)19-14-18(34(30,31)26-8-4-3-5-9-26)6-7-20(19)25-10-12-32-13-11-25/h6-7,14,24,28H,3-5,8-13,15H2,1-2H3/b22-21-,24-16?. The highest BCUT2D eigenvalue weighted by molar-refractivity contribution is 7.89. The Bertz CT molecular complexity index is 1070. The second kappa shape index (κ2) is 11.1. The van der Waals surface area contributed by atoms with E-state index in [2.05, 4.69) is 0 Å². The van der Waals surface area contributed by atoms with Crippen molar-refractivity contribution in [3.05, 3.63) is 35.1 Å². The number of carbonyl (C=O) groups excluding carboxylic acids is 2. The van der Waals surface area contributed by atoms with Crippen LogP contribution in [0.4, 0.5) is 5.69 Å². The number of rotatable bonds is 8. The van der Waals surface area contributed by atoms with E-state index in [-0.39, 0.29) is 21.7 Å². The second-order valence-electron chi connectivity index (χ2n) is 8.32. The van der Waals surface area contributed by atoms with Crippen molar-refractivity contribution in [3.8, 4) is 0 Å². The van der Waals surface area contributed by atoms with Crippen LogP contribution < -0.4 is 4.90 Å². The molecule has 34 heavy (non-hydrogen) atoms. The van der Waals surface area contributed by atoms with E-state index in [9.17, 15) is 23.1 Å². The molecule has 10 nitrogen and oxygen atoms in total. The number of esters is 1. The molecule has 0 bridgehead atoms. The Morgan fingerprint density at radius 3 is 2.32 bits per heavy atom. The van der Waals surface area contributed by atoms with Crippen LogP contribution >= 0.6 is 0 Å². The average Bonchev–Trinajstić information content (AvgIpc) is 2.82. The van der Waals surface area contributed by atoms with Gasteiger partial charge in [-0.1, -0.05) is 6.42 Å². The van der Waals surface area contributed by atoms with Gasteiger partial charge in [0.05, 0.1) is 34.9 Å². The molecule has 2 heterocycles. The number of ether oxygens (including phenoxy) is 2. The molecule has 0 atom stereocenters. The molecular formula is C23H31N3O7S. The van der Waals surface area contributed by atoms with Gasteiger partial charge in [0.25, 0.3) is 0 Å². The number of anilines is 1. The summed E-state index contributed by atoms with van der Waals surface area (Å²) < 4.78 is 38.4. The lowest BCUT2D eigenvalue weighted by Crippen LogP contribution is -2.38. The maximum absolute atomic E-state index is 13.2. The molecule has 186 valence electrons. The van der Waals surface area contributed by atoms with Crippen LogP contribution in [0.1, 0.15) is 43.5 Å². The summed E-state index contributed by atoms with van der Waals surface area (Å²) in [4.78, 5) is 26.7. The highest BCUT2D eigenvalue weighted by atomic mass is 32.2. The highest BCUT2D eigenvalue weighted by Crippen LogP contribution is 2.29. The molecule has 1 aromatic carbocycles. The summed E-state index contributed by atoms with van der Waals surface area (Å²) in [6.45, 7) is 4.77. The van der Waals surface area contributed by atoms with Crippen LogP contribution in [-0.2, 0) is 24.3 Å². The number of hydrogen-bond acceptors (Lipinski definition) is 9. The lowest BCUT2D eigenvalue weighted by atomic mass is 10.1. The number of allylic oxidation sites excluding steroid dienone is 1. The first-order valence-electron chi connectivity index (χ1n) is 11.3. The fourth-order valence-electron chi connectivity index (χ4n) is 4.14. The van der Waals surface area contributed by atoms with Gasteiger partial charge in [0.2, 0.25) is 10.0 Å². The molecule has 2 aliphatic rings. The van der Waals surface area contributed by atoms with Crippen LogP contribution in [0.2, 0.25) is 0 Å². The summed E-state index contributed by atoms with van der Waals surface area (Å²) in [6.07, 6.45) is 2.56. The van der Waals surface area contributed by atoms with Crippen LogP contribution in [0, 0.1) is 5.41 Å². The molecular weight excluding hydrogens is 462 g/mol. The Morgan fingerprint density at radius 1 is 1.09 bits per heavy atom. The van der Waals surface area contributed by atoms with Crippen LogP contribution in [0.3, 0.4) is 0 Å². The zero-order valence-electron chi connectivity index (χ0n) is 19.5. The highest BCUT2D eigenvalue weighted by Gasteiger charge is 2.29. The number of sulfonamides is 1. The average molecular weight is 494 g/mol. The van der Waals surface area contributed by atoms with Crippen molar-refractivity contribution < 1.29 is 32.6 Å². The SMILES string of the molecule is CC(=N)/C(C(C)=O)=C(/O)COC(=O)c1cc(S(=O)(=O)N2CCCCC2)ccc1N1CCOCC1. The van der Waals surface area contributed by atoms with E-state index < -0.39 is 34.1 Å². The van der Waals surface area contributed by atoms with E-state index in [0.29, 0.717) is 45.1 Å². The number of morpholine rings is 1. The van der Waals surface area contributed by atoms with Crippen LogP contribution in [-0.4, -0.2) is 81.3 Å². The molecule has 11 heteroatoms. The fourth-order valence-corrected chi connectivity index (χ4v) is 5.68. The van der Waals surface area contributed by atoms with Crippen LogP contribution in [0.25, 0.3) is 0 Å².